The zero-order valence-corrected chi connectivity index (χ0v) is 6.08. The molecule has 42 valence electrons. The van der Waals surface area contributed by atoms with Gasteiger partial charge in [-0.3, -0.25) is 0 Å². The van der Waals surface area contributed by atoms with Gasteiger partial charge in [-0.25, -0.2) is 0 Å². The Kier molecular flexibility index (Phi) is 1.56. The fourth-order valence-electron chi connectivity index (χ4n) is 0.453. The summed E-state index contributed by atoms with van der Waals surface area (Å²) < 4.78 is 1.11. The van der Waals surface area contributed by atoms with Gasteiger partial charge in [0.1, 0.15) is 0 Å². The first kappa shape index (κ1) is 5.67. The van der Waals surface area contributed by atoms with Crippen molar-refractivity contribution in [2.45, 2.75) is 0 Å². The van der Waals surface area contributed by atoms with E-state index in [0.717, 1.165) is 4.46 Å². The Morgan fingerprint density at radius 1 is 1.12 bits per heavy atom. The number of benzene rings is 1. The van der Waals surface area contributed by atoms with Crippen molar-refractivity contribution in [1.82, 2.24) is 0 Å². The van der Waals surface area contributed by atoms with E-state index in [1.165, 1.54) is 0 Å². The third kappa shape index (κ3) is 1.25. The molecule has 1 rings (SSSR count). The van der Waals surface area contributed by atoms with Crippen LogP contribution in [0.4, 0.5) is 0 Å². The molecule has 0 unspecified atom stereocenters. The Labute approximate surface area is 56.2 Å². The van der Waals surface area contributed by atoms with Crippen molar-refractivity contribution in [3.63, 3.8) is 0 Å². The third-order valence-corrected chi connectivity index (χ3v) is 1.48. The molecule has 1 aromatic carbocycles. The van der Waals surface area contributed by atoms with Gasteiger partial charge in [-0.05, 0) is 0 Å². The zero-order valence-electron chi connectivity index (χ0n) is 4.20. The van der Waals surface area contributed by atoms with Crippen molar-refractivity contribution in [2.75, 3.05) is 0 Å². The molecule has 1 nitrogen and oxygen atoms in total. The molecule has 8 heavy (non-hydrogen) atoms. The Bertz CT molecular complexity index is 147. The summed E-state index contributed by atoms with van der Waals surface area (Å²) in [6.45, 7) is 0. The second kappa shape index (κ2) is 2.21. The normalized spacial score (nSPS) is 9.12. The van der Waals surface area contributed by atoms with Crippen LogP contribution in [0.1, 0.15) is 0 Å². The van der Waals surface area contributed by atoms with Crippen LogP contribution < -0.4 is 4.46 Å². The number of aromatic hydroxyl groups is 1. The zero-order chi connectivity index (χ0) is 5.98. The quantitative estimate of drug-likeness (QED) is 0.544. The summed E-state index contributed by atoms with van der Waals surface area (Å²) >= 11 is 2.40. The van der Waals surface area contributed by atoms with E-state index in [-0.39, 0.29) is 0 Å². The van der Waals surface area contributed by atoms with Gasteiger partial charge < -0.3 is 0 Å². The van der Waals surface area contributed by atoms with Crippen molar-refractivity contribution in [2.24, 2.45) is 0 Å². The SMILES string of the molecule is Oc1ccc([SeH])cc1. The summed E-state index contributed by atoms with van der Waals surface area (Å²) in [6.07, 6.45) is 0. The van der Waals surface area contributed by atoms with Crippen molar-refractivity contribution < 1.29 is 5.11 Å². The third-order valence-electron chi connectivity index (χ3n) is 0.850. The first-order chi connectivity index (χ1) is 3.79. The Morgan fingerprint density at radius 2 is 1.62 bits per heavy atom. The minimum absolute atomic E-state index is 0.319. The molecule has 0 bridgehead atoms. The Morgan fingerprint density at radius 3 is 2.00 bits per heavy atom. The summed E-state index contributed by atoms with van der Waals surface area (Å²) in [5, 5.41) is 8.75. The molecule has 0 amide bonds. The monoisotopic (exact) mass is 174 g/mol. The van der Waals surface area contributed by atoms with Gasteiger partial charge in [0.25, 0.3) is 0 Å². The van der Waals surface area contributed by atoms with Crippen LogP contribution in [-0.2, 0) is 0 Å². The maximum absolute atomic E-state index is 8.75. The first-order valence-corrected chi connectivity index (χ1v) is 3.21. The van der Waals surface area contributed by atoms with E-state index >= 15 is 0 Å². The van der Waals surface area contributed by atoms with Crippen LogP contribution in [0.5, 0.6) is 5.75 Å². The predicted octanol–water partition coefficient (Wildman–Crippen LogP) is -0.0817. The fourth-order valence-corrected chi connectivity index (χ4v) is 0.765. The van der Waals surface area contributed by atoms with Gasteiger partial charge in [0, 0.05) is 0 Å². The standard InChI is InChI=1S/C6H6OSe/c7-5-1-3-6(8)4-2-5/h1-4,7-8H. The summed E-state index contributed by atoms with van der Waals surface area (Å²) in [7, 11) is 0. The molecule has 0 atom stereocenters. The van der Waals surface area contributed by atoms with Crippen molar-refractivity contribution >= 4 is 20.5 Å². The van der Waals surface area contributed by atoms with Crippen molar-refractivity contribution in [3.8, 4) is 5.75 Å². The fraction of sp³-hybridized carbons (Fsp3) is 0. The van der Waals surface area contributed by atoms with E-state index in [0.29, 0.717) is 5.75 Å². The Balaban J connectivity index is 3.03. The van der Waals surface area contributed by atoms with E-state index in [1.807, 2.05) is 12.1 Å². The molecule has 0 aliphatic rings. The van der Waals surface area contributed by atoms with E-state index in [4.69, 9.17) is 5.11 Å². The molecule has 0 spiro atoms. The molecule has 2 heteroatoms. The van der Waals surface area contributed by atoms with Crippen LogP contribution in [-0.4, -0.2) is 21.1 Å². The van der Waals surface area contributed by atoms with Crippen LogP contribution in [0.25, 0.3) is 0 Å². The first-order valence-electron chi connectivity index (χ1n) is 2.27. The van der Waals surface area contributed by atoms with Crippen LogP contribution in [0.15, 0.2) is 24.3 Å². The van der Waals surface area contributed by atoms with E-state index in [1.54, 1.807) is 12.1 Å². The molecule has 0 heterocycles. The van der Waals surface area contributed by atoms with Gasteiger partial charge in [0.2, 0.25) is 0 Å². The molecule has 0 radical (unpaired) electrons. The number of hydrogen-bond donors (Lipinski definition) is 1. The van der Waals surface area contributed by atoms with Crippen molar-refractivity contribution in [3.05, 3.63) is 24.3 Å². The average Bonchev–Trinajstić information content (AvgIpc) is 1.77. The van der Waals surface area contributed by atoms with Crippen molar-refractivity contribution in [1.29, 1.82) is 0 Å². The van der Waals surface area contributed by atoms with Crippen LogP contribution in [0.3, 0.4) is 0 Å². The summed E-state index contributed by atoms with van der Waals surface area (Å²) in [6, 6.07) is 7.01. The van der Waals surface area contributed by atoms with Gasteiger partial charge >= 0.3 is 55.6 Å². The number of phenolic OH excluding ortho intramolecular Hbond substituents is 1. The van der Waals surface area contributed by atoms with Gasteiger partial charge in [-0.15, -0.1) is 0 Å². The predicted molar refractivity (Wildman–Crippen MR) is 34.9 cm³/mol. The van der Waals surface area contributed by atoms with Gasteiger partial charge in [-0.2, -0.15) is 0 Å². The molecule has 0 aliphatic carbocycles. The molecule has 0 aliphatic heterocycles. The molecular formula is C6H6OSe. The summed E-state index contributed by atoms with van der Waals surface area (Å²) in [5.74, 6) is 0.319. The average molecular weight is 173 g/mol. The number of rotatable bonds is 0. The second-order valence-corrected chi connectivity index (χ2v) is 2.60. The molecule has 0 fully saturated rings. The molecule has 0 aromatic heterocycles. The topological polar surface area (TPSA) is 20.2 Å². The number of hydrogen-bond acceptors (Lipinski definition) is 1. The van der Waals surface area contributed by atoms with E-state index in [2.05, 4.69) is 16.0 Å². The van der Waals surface area contributed by atoms with Gasteiger partial charge in [0.15, 0.2) is 0 Å². The van der Waals surface area contributed by atoms with Crippen LogP contribution in [0, 0.1) is 0 Å². The van der Waals surface area contributed by atoms with Gasteiger partial charge in [-0.1, -0.05) is 0 Å². The molecule has 1 aromatic rings. The van der Waals surface area contributed by atoms with Crippen LogP contribution >= 0.6 is 0 Å². The summed E-state index contributed by atoms with van der Waals surface area (Å²) in [4.78, 5) is 0. The van der Waals surface area contributed by atoms with Crippen LogP contribution in [0.2, 0.25) is 0 Å². The van der Waals surface area contributed by atoms with Gasteiger partial charge in [0.05, 0.1) is 0 Å². The molecule has 0 saturated heterocycles. The molecular weight excluding hydrogens is 167 g/mol. The minimum atomic E-state index is 0.319. The Hall–Kier alpha value is -0.461. The number of phenols is 1. The molecule has 1 N–H and O–H groups in total. The second-order valence-electron chi connectivity index (χ2n) is 1.52. The maximum atomic E-state index is 8.75. The summed E-state index contributed by atoms with van der Waals surface area (Å²) in [5.41, 5.74) is 0. The van der Waals surface area contributed by atoms with E-state index in [9.17, 15) is 0 Å². The molecule has 0 saturated carbocycles. The van der Waals surface area contributed by atoms with E-state index < -0.39 is 0 Å².